The molecule has 0 radical (unpaired) electrons. The van der Waals surface area contributed by atoms with Crippen LogP contribution >= 0.6 is 0 Å². The number of nitrogen functional groups attached to an aromatic ring is 1. The number of nitrogens with two attached hydrogens (primary N) is 1. The molecule has 50 valence electrons. The molecule has 0 saturated carbocycles. The van der Waals surface area contributed by atoms with Crippen LogP contribution in [0.3, 0.4) is 0 Å². The average Bonchev–Trinajstić information content (AvgIpc) is 1.88. The zero-order valence-electron chi connectivity index (χ0n) is 5.63. The maximum Gasteiger partial charge on any atom is 0.292 e. The maximum absolute atomic E-state index is 6.64. The van der Waals surface area contributed by atoms with Crippen LogP contribution in [0.4, 0.5) is 11.5 Å². The lowest BCUT2D eigenvalue weighted by atomic mass is 10.3. The fourth-order valence-corrected chi connectivity index (χ4v) is 0.678. The fourth-order valence-electron chi connectivity index (χ4n) is 0.678. The summed E-state index contributed by atoms with van der Waals surface area (Å²) in [7, 11) is 0. The Morgan fingerprint density at radius 1 is 1.70 bits per heavy atom. The van der Waals surface area contributed by atoms with Crippen molar-refractivity contribution < 1.29 is 0 Å². The van der Waals surface area contributed by atoms with Crippen molar-refractivity contribution >= 4 is 11.5 Å². The fraction of sp³-hybridized carbons (Fsp3) is 0.143. The Morgan fingerprint density at radius 3 is 2.90 bits per heavy atom. The largest absolute Gasteiger partial charge is 0.406 e. The Balaban J connectivity index is 3.23. The quantitative estimate of drug-likeness (QED) is 0.545. The standard InChI is InChI=1S/C7H7N3/c1-5-3-6(8)7(9-2)10-4-5/h3-4H,8H2,1H3. The highest BCUT2D eigenvalue weighted by atomic mass is 14.9. The van der Waals surface area contributed by atoms with Gasteiger partial charge in [0.15, 0.2) is 0 Å². The smallest absolute Gasteiger partial charge is 0.292 e. The van der Waals surface area contributed by atoms with E-state index in [1.165, 1.54) is 0 Å². The molecule has 0 saturated heterocycles. The second-order valence-corrected chi connectivity index (χ2v) is 2.04. The molecule has 0 aliphatic carbocycles. The molecular formula is C7H7N3. The molecule has 2 N–H and O–H groups in total. The molecule has 0 amide bonds. The van der Waals surface area contributed by atoms with Gasteiger partial charge in [-0.2, -0.15) is 0 Å². The summed E-state index contributed by atoms with van der Waals surface area (Å²) in [6.07, 6.45) is 1.63. The van der Waals surface area contributed by atoms with Crippen molar-refractivity contribution in [2.75, 3.05) is 5.73 Å². The number of pyridine rings is 1. The summed E-state index contributed by atoms with van der Waals surface area (Å²) >= 11 is 0. The summed E-state index contributed by atoms with van der Waals surface area (Å²) in [5.41, 5.74) is 6.89. The highest BCUT2D eigenvalue weighted by Gasteiger charge is 1.98. The number of aryl methyl sites for hydroxylation is 1. The van der Waals surface area contributed by atoms with Crippen LogP contribution in [0, 0.1) is 13.5 Å². The first kappa shape index (κ1) is 6.56. The minimum Gasteiger partial charge on any atom is -0.406 e. The van der Waals surface area contributed by atoms with Crippen molar-refractivity contribution in [3.63, 3.8) is 0 Å². The van der Waals surface area contributed by atoms with Crippen molar-refractivity contribution in [1.29, 1.82) is 0 Å². The van der Waals surface area contributed by atoms with Crippen molar-refractivity contribution in [2.45, 2.75) is 6.92 Å². The molecule has 0 unspecified atom stereocenters. The van der Waals surface area contributed by atoms with Gasteiger partial charge in [-0.25, -0.2) is 0 Å². The van der Waals surface area contributed by atoms with Crippen molar-refractivity contribution in [2.24, 2.45) is 0 Å². The molecule has 3 heteroatoms. The van der Waals surface area contributed by atoms with E-state index in [0.717, 1.165) is 5.56 Å². The van der Waals surface area contributed by atoms with Crippen LogP contribution in [-0.4, -0.2) is 4.98 Å². The van der Waals surface area contributed by atoms with E-state index in [-0.39, 0.29) is 5.82 Å². The Hall–Kier alpha value is -1.56. The molecule has 0 aromatic carbocycles. The lowest BCUT2D eigenvalue weighted by molar-refractivity contribution is 1.29. The molecule has 1 heterocycles. The zero-order chi connectivity index (χ0) is 7.56. The summed E-state index contributed by atoms with van der Waals surface area (Å²) in [4.78, 5) is 6.94. The van der Waals surface area contributed by atoms with Gasteiger partial charge in [-0.15, -0.1) is 4.98 Å². The topological polar surface area (TPSA) is 43.3 Å². The third-order valence-electron chi connectivity index (χ3n) is 1.14. The lowest BCUT2D eigenvalue weighted by Gasteiger charge is -1.94. The highest BCUT2D eigenvalue weighted by Crippen LogP contribution is 2.18. The summed E-state index contributed by atoms with van der Waals surface area (Å²) in [5, 5.41) is 0. The van der Waals surface area contributed by atoms with Crippen LogP contribution < -0.4 is 5.73 Å². The van der Waals surface area contributed by atoms with Crippen molar-refractivity contribution in [3.8, 4) is 0 Å². The van der Waals surface area contributed by atoms with Crippen LogP contribution in [0.5, 0.6) is 0 Å². The molecule has 0 atom stereocenters. The summed E-state index contributed by atoms with van der Waals surface area (Å²) in [6.45, 7) is 8.52. The molecule has 0 spiro atoms. The summed E-state index contributed by atoms with van der Waals surface area (Å²) < 4.78 is 0. The molecular weight excluding hydrogens is 126 g/mol. The van der Waals surface area contributed by atoms with Gasteiger partial charge in [-0.1, -0.05) is 6.57 Å². The Labute approximate surface area is 59.3 Å². The number of aromatic nitrogens is 1. The highest BCUT2D eigenvalue weighted by molar-refractivity contribution is 5.62. The maximum atomic E-state index is 6.64. The van der Waals surface area contributed by atoms with E-state index in [1.54, 1.807) is 12.3 Å². The number of anilines is 1. The van der Waals surface area contributed by atoms with E-state index in [1.807, 2.05) is 6.92 Å². The van der Waals surface area contributed by atoms with Gasteiger partial charge < -0.3 is 10.6 Å². The Kier molecular flexibility index (Phi) is 1.55. The molecule has 0 fully saturated rings. The molecule has 0 bridgehead atoms. The average molecular weight is 133 g/mol. The molecule has 3 nitrogen and oxygen atoms in total. The van der Waals surface area contributed by atoms with Gasteiger partial charge in [0.1, 0.15) is 6.20 Å². The van der Waals surface area contributed by atoms with Gasteiger partial charge in [-0.05, 0) is 18.6 Å². The van der Waals surface area contributed by atoms with Crippen molar-refractivity contribution in [1.82, 2.24) is 4.98 Å². The van der Waals surface area contributed by atoms with E-state index in [9.17, 15) is 0 Å². The van der Waals surface area contributed by atoms with Gasteiger partial charge in [-0.3, -0.25) is 0 Å². The van der Waals surface area contributed by atoms with Gasteiger partial charge in [0.05, 0.1) is 5.69 Å². The molecule has 0 aliphatic rings. The van der Waals surface area contributed by atoms with E-state index in [0.29, 0.717) is 5.69 Å². The van der Waals surface area contributed by atoms with E-state index in [2.05, 4.69) is 9.83 Å². The van der Waals surface area contributed by atoms with Gasteiger partial charge in [0.2, 0.25) is 0 Å². The first-order chi connectivity index (χ1) is 4.74. The first-order valence-electron chi connectivity index (χ1n) is 2.83. The second kappa shape index (κ2) is 2.36. The number of hydrogen-bond acceptors (Lipinski definition) is 2. The minimum absolute atomic E-state index is 0.283. The van der Waals surface area contributed by atoms with E-state index < -0.39 is 0 Å². The summed E-state index contributed by atoms with van der Waals surface area (Å²) in [6, 6.07) is 1.74. The van der Waals surface area contributed by atoms with E-state index >= 15 is 0 Å². The van der Waals surface area contributed by atoms with Crippen molar-refractivity contribution in [3.05, 3.63) is 29.2 Å². The predicted octanol–water partition coefficient (Wildman–Crippen LogP) is 1.52. The monoisotopic (exact) mass is 133 g/mol. The number of nitrogens with zero attached hydrogens (tertiary/aromatic N) is 2. The van der Waals surface area contributed by atoms with E-state index in [4.69, 9.17) is 12.3 Å². The normalized spacial score (nSPS) is 8.80. The van der Waals surface area contributed by atoms with Gasteiger partial charge in [0.25, 0.3) is 5.82 Å². The summed E-state index contributed by atoms with van der Waals surface area (Å²) in [5.74, 6) is 0.283. The van der Waals surface area contributed by atoms with Crippen LogP contribution in [-0.2, 0) is 0 Å². The van der Waals surface area contributed by atoms with Crippen LogP contribution in [0.2, 0.25) is 0 Å². The SMILES string of the molecule is [C-]#[N+]c1ncc(C)cc1N. The molecule has 1 aromatic heterocycles. The minimum atomic E-state index is 0.283. The first-order valence-corrected chi connectivity index (χ1v) is 2.83. The Morgan fingerprint density at radius 2 is 2.40 bits per heavy atom. The third-order valence-corrected chi connectivity index (χ3v) is 1.14. The Bertz CT molecular complexity index is 285. The molecule has 0 aliphatic heterocycles. The van der Waals surface area contributed by atoms with Gasteiger partial charge in [0, 0.05) is 0 Å². The number of hydrogen-bond donors (Lipinski definition) is 1. The molecule has 1 aromatic rings. The molecule has 10 heavy (non-hydrogen) atoms. The lowest BCUT2D eigenvalue weighted by Crippen LogP contribution is -1.87. The third kappa shape index (κ3) is 1.06. The zero-order valence-corrected chi connectivity index (χ0v) is 5.63. The number of rotatable bonds is 0. The van der Waals surface area contributed by atoms with Crippen LogP contribution in [0.1, 0.15) is 5.56 Å². The molecule has 1 rings (SSSR count). The van der Waals surface area contributed by atoms with Crippen LogP contribution in [0.25, 0.3) is 4.85 Å². The van der Waals surface area contributed by atoms with Crippen LogP contribution in [0.15, 0.2) is 12.3 Å². The second-order valence-electron chi connectivity index (χ2n) is 2.04. The van der Waals surface area contributed by atoms with Gasteiger partial charge >= 0.3 is 0 Å². The predicted molar refractivity (Wildman–Crippen MR) is 39.6 cm³/mol.